The first-order valence-electron chi connectivity index (χ1n) is 8.42. The summed E-state index contributed by atoms with van der Waals surface area (Å²) in [7, 11) is 1.38. The lowest BCUT2D eigenvalue weighted by Crippen LogP contribution is -2.05. The molecule has 0 atom stereocenters. The summed E-state index contributed by atoms with van der Waals surface area (Å²) in [6, 6.07) is 10.4. The molecule has 0 amide bonds. The van der Waals surface area contributed by atoms with E-state index in [-0.39, 0.29) is 22.5 Å². The Labute approximate surface area is 164 Å². The van der Waals surface area contributed by atoms with E-state index >= 15 is 0 Å². The number of hydrogen-bond donors (Lipinski definition) is 2. The molecule has 0 aliphatic heterocycles. The van der Waals surface area contributed by atoms with Crippen LogP contribution in [0.4, 0.5) is 0 Å². The van der Waals surface area contributed by atoms with E-state index < -0.39 is 16.9 Å². The highest BCUT2D eigenvalue weighted by Gasteiger charge is 2.25. The number of hydrogen-bond acceptors (Lipinski definition) is 6. The van der Waals surface area contributed by atoms with Gasteiger partial charge in [0.25, 0.3) is 0 Å². The van der Waals surface area contributed by atoms with Crippen LogP contribution in [0.2, 0.25) is 0 Å². The first kappa shape index (κ1) is 19.1. The van der Waals surface area contributed by atoms with Crippen LogP contribution in [-0.4, -0.2) is 29.3 Å². The van der Waals surface area contributed by atoms with Crippen molar-refractivity contribution in [1.82, 2.24) is 0 Å². The van der Waals surface area contributed by atoms with E-state index in [1.807, 2.05) is 18.2 Å². The zero-order valence-electron chi connectivity index (χ0n) is 14.7. The van der Waals surface area contributed by atoms with Crippen LogP contribution in [0.3, 0.4) is 0 Å². The smallest absolute Gasteiger partial charge is 0.211 e. The molecule has 0 fully saturated rings. The molecule has 0 spiro atoms. The van der Waals surface area contributed by atoms with Crippen LogP contribution in [-0.2, 0) is 0 Å². The number of benzene rings is 2. The van der Waals surface area contributed by atoms with Gasteiger partial charge in [-0.05, 0) is 12.8 Å². The number of methoxy groups -OCH3 is 1. The van der Waals surface area contributed by atoms with Crippen LogP contribution in [0, 0.1) is 0 Å². The average Bonchev–Trinajstić information content (AvgIpc) is 2.69. The Kier molecular flexibility index (Phi) is 5.91. The molecule has 0 radical (unpaired) electrons. The minimum absolute atomic E-state index is 0.0228. The monoisotopic (exact) mass is 434 g/mol. The number of alkyl halides is 1. The van der Waals surface area contributed by atoms with Gasteiger partial charge in [-0.2, -0.15) is 0 Å². The summed E-state index contributed by atoms with van der Waals surface area (Å²) in [6.45, 7) is 0.309. The highest BCUT2D eigenvalue weighted by atomic mass is 79.9. The Hall–Kier alpha value is -2.67. The van der Waals surface area contributed by atoms with Crippen molar-refractivity contribution in [3.63, 3.8) is 0 Å². The molecule has 3 aromatic rings. The van der Waals surface area contributed by atoms with Crippen molar-refractivity contribution < 1.29 is 24.1 Å². The van der Waals surface area contributed by atoms with Gasteiger partial charge in [-0.15, -0.1) is 0 Å². The third kappa shape index (κ3) is 3.73. The molecule has 6 nitrogen and oxygen atoms in total. The van der Waals surface area contributed by atoms with Gasteiger partial charge in [-0.1, -0.05) is 46.3 Å². The average molecular weight is 435 g/mol. The molecule has 0 saturated carbocycles. The lowest BCUT2D eigenvalue weighted by Gasteiger charge is -2.15. The zero-order chi connectivity index (χ0) is 19.4. The lowest BCUT2D eigenvalue weighted by atomic mass is 10.1. The third-order valence-electron chi connectivity index (χ3n) is 4.07. The van der Waals surface area contributed by atoms with Gasteiger partial charge in [0.1, 0.15) is 11.1 Å². The first-order valence-corrected chi connectivity index (χ1v) is 9.54. The zero-order valence-corrected chi connectivity index (χ0v) is 16.3. The number of aromatic hydroxyl groups is 2. The number of halogens is 1. The number of unbranched alkanes of at least 4 members (excludes halogenated alkanes) is 1. The van der Waals surface area contributed by atoms with Crippen molar-refractivity contribution in [2.45, 2.75) is 12.8 Å². The van der Waals surface area contributed by atoms with Crippen molar-refractivity contribution in [3.8, 4) is 34.3 Å². The van der Waals surface area contributed by atoms with Crippen LogP contribution in [0.5, 0.6) is 23.0 Å². The number of phenols is 2. The second kappa shape index (κ2) is 8.35. The van der Waals surface area contributed by atoms with Crippen LogP contribution in [0.25, 0.3) is 22.3 Å². The van der Waals surface area contributed by atoms with Gasteiger partial charge in [-0.25, -0.2) is 0 Å². The van der Waals surface area contributed by atoms with E-state index in [0.29, 0.717) is 17.9 Å². The molecular formula is C20H19BrO6. The van der Waals surface area contributed by atoms with Crippen molar-refractivity contribution in [2.75, 3.05) is 19.0 Å². The summed E-state index contributed by atoms with van der Waals surface area (Å²) in [6.07, 6.45) is 1.62. The fraction of sp³-hybridized carbons (Fsp3) is 0.250. The molecule has 0 unspecified atom stereocenters. The van der Waals surface area contributed by atoms with Crippen LogP contribution < -0.4 is 14.9 Å². The third-order valence-corrected chi connectivity index (χ3v) is 4.63. The van der Waals surface area contributed by atoms with E-state index in [1.54, 1.807) is 12.1 Å². The van der Waals surface area contributed by atoms with Crippen molar-refractivity contribution >= 4 is 26.9 Å². The van der Waals surface area contributed by atoms with E-state index in [2.05, 4.69) is 15.9 Å². The molecule has 2 aromatic carbocycles. The van der Waals surface area contributed by atoms with Gasteiger partial charge >= 0.3 is 0 Å². The van der Waals surface area contributed by atoms with Gasteiger partial charge in [0.2, 0.25) is 17.2 Å². The maximum absolute atomic E-state index is 12.6. The normalized spacial score (nSPS) is 10.9. The molecule has 142 valence electrons. The molecule has 0 saturated heterocycles. The summed E-state index contributed by atoms with van der Waals surface area (Å²) >= 11 is 3.34. The van der Waals surface area contributed by atoms with E-state index in [0.717, 1.165) is 18.2 Å². The maximum Gasteiger partial charge on any atom is 0.211 e. The van der Waals surface area contributed by atoms with Gasteiger partial charge in [-0.3, -0.25) is 4.79 Å². The number of phenolic OH excluding ortho intramolecular Hbond substituents is 2. The fourth-order valence-electron chi connectivity index (χ4n) is 2.75. The summed E-state index contributed by atoms with van der Waals surface area (Å²) in [5.41, 5.74) is 0.229. The molecule has 7 heteroatoms. The molecule has 3 rings (SSSR count). The quantitative estimate of drug-likeness (QED) is 0.324. The number of rotatable bonds is 7. The summed E-state index contributed by atoms with van der Waals surface area (Å²) in [5.74, 6) is -0.797. The molecule has 27 heavy (non-hydrogen) atoms. The Morgan fingerprint density at radius 2 is 1.81 bits per heavy atom. The van der Waals surface area contributed by atoms with Crippen LogP contribution in [0.15, 0.2) is 45.6 Å². The van der Waals surface area contributed by atoms with E-state index in [1.165, 1.54) is 13.2 Å². The molecule has 2 N–H and O–H groups in total. The fourth-order valence-corrected chi connectivity index (χ4v) is 3.15. The first-order chi connectivity index (χ1) is 13.1. The number of fused-ring (bicyclic) bond motifs is 1. The highest BCUT2D eigenvalue weighted by molar-refractivity contribution is 9.09. The summed E-state index contributed by atoms with van der Waals surface area (Å²) in [4.78, 5) is 12.6. The van der Waals surface area contributed by atoms with E-state index in [9.17, 15) is 15.0 Å². The lowest BCUT2D eigenvalue weighted by molar-refractivity contribution is 0.269. The minimum Gasteiger partial charge on any atom is -0.504 e. The Balaban J connectivity index is 2.20. The molecule has 0 aliphatic carbocycles. The standard InChI is InChI=1S/C20H19BrO6/c1-25-20-18-15(16(23)17(24)19(20)26-10-6-5-9-21)13(22)11-14(27-18)12-7-3-2-4-8-12/h2-4,7-8,11,23-24H,5-6,9-10H2,1H3. The molecule has 1 heterocycles. The van der Waals surface area contributed by atoms with Crippen LogP contribution in [0.1, 0.15) is 12.8 Å². The van der Waals surface area contributed by atoms with E-state index in [4.69, 9.17) is 13.9 Å². The summed E-state index contributed by atoms with van der Waals surface area (Å²) < 4.78 is 16.8. The Morgan fingerprint density at radius 3 is 2.48 bits per heavy atom. The predicted molar refractivity (Wildman–Crippen MR) is 106 cm³/mol. The Bertz CT molecular complexity index is 997. The SMILES string of the molecule is COc1c(OCCCCBr)c(O)c(O)c2c(=O)cc(-c3ccccc3)oc12. The van der Waals surface area contributed by atoms with Gasteiger partial charge in [0.05, 0.1) is 13.7 Å². The highest BCUT2D eigenvalue weighted by Crippen LogP contribution is 2.49. The summed E-state index contributed by atoms with van der Waals surface area (Å²) in [5, 5.41) is 21.4. The maximum atomic E-state index is 12.6. The van der Waals surface area contributed by atoms with Crippen molar-refractivity contribution in [2.24, 2.45) is 0 Å². The van der Waals surface area contributed by atoms with Crippen LogP contribution >= 0.6 is 15.9 Å². The second-order valence-corrected chi connectivity index (χ2v) is 6.64. The minimum atomic E-state index is -0.588. The van der Waals surface area contributed by atoms with Crippen molar-refractivity contribution in [1.29, 1.82) is 0 Å². The van der Waals surface area contributed by atoms with Gasteiger partial charge < -0.3 is 24.1 Å². The second-order valence-electron chi connectivity index (χ2n) is 5.85. The molecular weight excluding hydrogens is 416 g/mol. The number of ether oxygens (including phenoxy) is 2. The topological polar surface area (TPSA) is 89.1 Å². The van der Waals surface area contributed by atoms with Gasteiger partial charge in [0, 0.05) is 17.0 Å². The van der Waals surface area contributed by atoms with Gasteiger partial charge in [0.15, 0.2) is 16.8 Å². The molecule has 0 aliphatic rings. The molecule has 0 bridgehead atoms. The largest absolute Gasteiger partial charge is 0.504 e. The Morgan fingerprint density at radius 1 is 1.07 bits per heavy atom. The predicted octanol–water partition coefficient (Wildman–Crippen LogP) is 4.43. The van der Waals surface area contributed by atoms with Crippen molar-refractivity contribution in [3.05, 3.63) is 46.6 Å². The molecule has 1 aromatic heterocycles.